The molecule has 0 saturated heterocycles. The molecular formula is C13H23N3O3S. The summed E-state index contributed by atoms with van der Waals surface area (Å²) in [6, 6.07) is 3.52. The van der Waals surface area contributed by atoms with Crippen molar-refractivity contribution in [1.82, 2.24) is 10.3 Å². The van der Waals surface area contributed by atoms with Gasteiger partial charge in [0.1, 0.15) is 0 Å². The van der Waals surface area contributed by atoms with Crippen LogP contribution < -0.4 is 14.8 Å². The molecule has 0 aromatic carbocycles. The molecular weight excluding hydrogens is 278 g/mol. The van der Waals surface area contributed by atoms with Crippen molar-refractivity contribution in [3.8, 4) is 5.88 Å². The highest BCUT2D eigenvalue weighted by Crippen LogP contribution is 2.14. The highest BCUT2D eigenvalue weighted by Gasteiger charge is 2.20. The van der Waals surface area contributed by atoms with Crippen molar-refractivity contribution in [1.29, 1.82) is 0 Å². The number of nitrogens with zero attached hydrogens (tertiary/aromatic N) is 1. The fourth-order valence-electron chi connectivity index (χ4n) is 1.45. The van der Waals surface area contributed by atoms with E-state index in [9.17, 15) is 8.42 Å². The molecule has 1 heterocycles. The minimum absolute atomic E-state index is 0.250. The zero-order valence-electron chi connectivity index (χ0n) is 12.4. The molecule has 0 aliphatic rings. The summed E-state index contributed by atoms with van der Waals surface area (Å²) in [4.78, 5) is 4.02. The molecule has 0 saturated carbocycles. The smallest absolute Gasteiger partial charge is 0.236 e. The third-order valence-electron chi connectivity index (χ3n) is 2.63. The maximum Gasteiger partial charge on any atom is 0.236 e. The van der Waals surface area contributed by atoms with Crippen LogP contribution in [0.1, 0.15) is 27.7 Å². The van der Waals surface area contributed by atoms with Crippen molar-refractivity contribution in [3.05, 3.63) is 18.3 Å². The predicted octanol–water partition coefficient (Wildman–Crippen LogP) is 1.61. The fraction of sp³-hybridized carbons (Fsp3) is 0.615. The fourth-order valence-corrected chi connectivity index (χ4v) is 2.42. The van der Waals surface area contributed by atoms with E-state index in [4.69, 9.17) is 4.74 Å². The molecule has 0 spiro atoms. The largest absolute Gasteiger partial charge is 0.478 e. The van der Waals surface area contributed by atoms with Crippen LogP contribution in [-0.4, -0.2) is 37.8 Å². The monoisotopic (exact) mass is 301 g/mol. The third-order valence-corrected chi connectivity index (χ3v) is 4.38. The van der Waals surface area contributed by atoms with Crippen LogP contribution in [0.2, 0.25) is 0 Å². The SMILES string of the molecule is CCOc1ccc(NS(=O)(=O)C(C)CNC(C)C)cn1. The number of pyridine rings is 1. The first-order valence-electron chi connectivity index (χ1n) is 6.69. The number of hydrogen-bond acceptors (Lipinski definition) is 5. The van der Waals surface area contributed by atoms with Crippen molar-refractivity contribution < 1.29 is 13.2 Å². The first-order valence-corrected chi connectivity index (χ1v) is 8.23. The van der Waals surface area contributed by atoms with Crippen LogP contribution in [0.4, 0.5) is 5.69 Å². The lowest BCUT2D eigenvalue weighted by atomic mass is 10.3. The Morgan fingerprint density at radius 3 is 2.50 bits per heavy atom. The maximum atomic E-state index is 12.1. The lowest BCUT2D eigenvalue weighted by Crippen LogP contribution is -2.37. The molecule has 114 valence electrons. The van der Waals surface area contributed by atoms with E-state index < -0.39 is 15.3 Å². The lowest BCUT2D eigenvalue weighted by Gasteiger charge is -2.17. The molecule has 1 aromatic rings. The van der Waals surface area contributed by atoms with E-state index in [-0.39, 0.29) is 6.04 Å². The molecule has 2 N–H and O–H groups in total. The van der Waals surface area contributed by atoms with Gasteiger partial charge in [-0.05, 0) is 19.9 Å². The van der Waals surface area contributed by atoms with Gasteiger partial charge in [0.05, 0.1) is 23.7 Å². The zero-order valence-corrected chi connectivity index (χ0v) is 13.2. The number of aromatic nitrogens is 1. The summed E-state index contributed by atoms with van der Waals surface area (Å²) < 4.78 is 32.0. The maximum absolute atomic E-state index is 12.1. The lowest BCUT2D eigenvalue weighted by molar-refractivity contribution is 0.327. The second-order valence-electron chi connectivity index (χ2n) is 4.84. The molecule has 1 unspecified atom stereocenters. The molecule has 1 aromatic heterocycles. The minimum atomic E-state index is -3.43. The van der Waals surface area contributed by atoms with Crippen LogP contribution in [0.3, 0.4) is 0 Å². The second kappa shape index (κ2) is 7.44. The molecule has 6 nitrogen and oxygen atoms in total. The average Bonchev–Trinajstić information content (AvgIpc) is 2.38. The first-order chi connectivity index (χ1) is 9.35. The van der Waals surface area contributed by atoms with Gasteiger partial charge in [-0.15, -0.1) is 0 Å². The van der Waals surface area contributed by atoms with Crippen molar-refractivity contribution >= 4 is 15.7 Å². The Labute approximate surface area is 121 Å². The molecule has 20 heavy (non-hydrogen) atoms. The topological polar surface area (TPSA) is 80.3 Å². The van der Waals surface area contributed by atoms with E-state index >= 15 is 0 Å². The van der Waals surface area contributed by atoms with E-state index in [1.54, 1.807) is 19.1 Å². The van der Waals surface area contributed by atoms with Crippen molar-refractivity contribution in [2.75, 3.05) is 17.9 Å². The molecule has 0 bridgehead atoms. The van der Waals surface area contributed by atoms with Crippen molar-refractivity contribution in [2.24, 2.45) is 0 Å². The third kappa shape index (κ3) is 5.34. The average molecular weight is 301 g/mol. The van der Waals surface area contributed by atoms with Crippen LogP contribution in [0.5, 0.6) is 5.88 Å². The van der Waals surface area contributed by atoms with Crippen molar-refractivity contribution in [3.63, 3.8) is 0 Å². The summed E-state index contributed by atoms with van der Waals surface area (Å²) in [7, 11) is -3.43. The van der Waals surface area contributed by atoms with Crippen LogP contribution in [0.25, 0.3) is 0 Å². The number of hydrogen-bond donors (Lipinski definition) is 2. The Balaban J connectivity index is 2.65. The summed E-state index contributed by atoms with van der Waals surface area (Å²) >= 11 is 0. The molecule has 1 rings (SSSR count). The van der Waals surface area contributed by atoms with Gasteiger partial charge in [-0.25, -0.2) is 13.4 Å². The highest BCUT2D eigenvalue weighted by atomic mass is 32.2. The quantitative estimate of drug-likeness (QED) is 0.762. The summed E-state index contributed by atoms with van der Waals surface area (Å²) in [6.07, 6.45) is 1.45. The van der Waals surface area contributed by atoms with Gasteiger partial charge in [-0.2, -0.15) is 0 Å². The summed E-state index contributed by atoms with van der Waals surface area (Å²) in [5.41, 5.74) is 0.435. The van der Waals surface area contributed by atoms with Crippen LogP contribution >= 0.6 is 0 Å². The van der Waals surface area contributed by atoms with Gasteiger partial charge in [0.25, 0.3) is 0 Å². The van der Waals surface area contributed by atoms with Gasteiger partial charge in [0, 0.05) is 18.7 Å². The number of ether oxygens (including phenoxy) is 1. The molecule has 0 aliphatic heterocycles. The van der Waals surface area contributed by atoms with E-state index in [1.165, 1.54) is 6.20 Å². The van der Waals surface area contributed by atoms with Gasteiger partial charge in [-0.3, -0.25) is 4.72 Å². The molecule has 0 amide bonds. The molecule has 1 atom stereocenters. The summed E-state index contributed by atoms with van der Waals surface area (Å²) in [5.74, 6) is 0.477. The van der Waals surface area contributed by atoms with Gasteiger partial charge in [0.15, 0.2) is 0 Å². The normalized spacial score (nSPS) is 13.2. The summed E-state index contributed by atoms with van der Waals surface area (Å²) in [5, 5.41) is 2.58. The first kappa shape index (κ1) is 16.7. The predicted molar refractivity (Wildman–Crippen MR) is 80.5 cm³/mol. The Morgan fingerprint density at radius 2 is 2.00 bits per heavy atom. The van der Waals surface area contributed by atoms with Gasteiger partial charge >= 0.3 is 0 Å². The Kier molecular flexibility index (Phi) is 6.22. The van der Waals surface area contributed by atoms with Gasteiger partial charge in [0.2, 0.25) is 15.9 Å². The van der Waals surface area contributed by atoms with Crippen LogP contribution in [0.15, 0.2) is 18.3 Å². The van der Waals surface area contributed by atoms with E-state index in [1.807, 2.05) is 20.8 Å². The van der Waals surface area contributed by atoms with E-state index in [0.29, 0.717) is 24.7 Å². The van der Waals surface area contributed by atoms with Gasteiger partial charge in [-0.1, -0.05) is 13.8 Å². The molecule has 0 aliphatic carbocycles. The number of nitrogens with one attached hydrogen (secondary N) is 2. The zero-order chi connectivity index (χ0) is 15.2. The highest BCUT2D eigenvalue weighted by molar-refractivity contribution is 7.93. The summed E-state index contributed by atoms with van der Waals surface area (Å²) in [6.45, 7) is 8.40. The second-order valence-corrected chi connectivity index (χ2v) is 6.94. The Bertz CT molecular complexity index is 500. The number of anilines is 1. The van der Waals surface area contributed by atoms with E-state index in [2.05, 4.69) is 15.0 Å². The number of rotatable bonds is 8. The van der Waals surface area contributed by atoms with Crippen LogP contribution in [-0.2, 0) is 10.0 Å². The van der Waals surface area contributed by atoms with Crippen molar-refractivity contribution in [2.45, 2.75) is 39.0 Å². The Morgan fingerprint density at radius 1 is 1.30 bits per heavy atom. The Hall–Kier alpha value is -1.34. The van der Waals surface area contributed by atoms with Gasteiger partial charge < -0.3 is 10.1 Å². The van der Waals surface area contributed by atoms with E-state index in [0.717, 1.165) is 0 Å². The molecule has 0 fully saturated rings. The van der Waals surface area contributed by atoms with Crippen LogP contribution in [0, 0.1) is 0 Å². The standard InChI is InChI=1S/C13H23N3O3S/c1-5-19-13-7-6-12(9-15-13)16-20(17,18)11(4)8-14-10(2)3/h6-7,9-11,14,16H,5,8H2,1-4H3. The molecule has 0 radical (unpaired) electrons. The molecule has 7 heteroatoms. The minimum Gasteiger partial charge on any atom is -0.478 e. The number of sulfonamides is 1.